The SMILES string of the molecule is c1ccc(-c2cccc(-c3nc(-c4ccccc4)cc(-c4ccccc4)n3)c2)cc1. The highest BCUT2D eigenvalue weighted by molar-refractivity contribution is 5.74. The second-order valence-corrected chi connectivity index (χ2v) is 7.14. The predicted octanol–water partition coefficient (Wildman–Crippen LogP) is 7.14. The first-order valence-electron chi connectivity index (χ1n) is 10.0. The van der Waals surface area contributed by atoms with Gasteiger partial charge < -0.3 is 0 Å². The number of hydrogen-bond acceptors (Lipinski definition) is 2. The molecular weight excluding hydrogens is 364 g/mol. The summed E-state index contributed by atoms with van der Waals surface area (Å²) in [5.41, 5.74) is 7.35. The van der Waals surface area contributed by atoms with E-state index in [2.05, 4.69) is 78.9 Å². The van der Waals surface area contributed by atoms with Gasteiger partial charge >= 0.3 is 0 Å². The first kappa shape index (κ1) is 18.0. The van der Waals surface area contributed by atoms with Crippen LogP contribution in [0.4, 0.5) is 0 Å². The van der Waals surface area contributed by atoms with E-state index in [0.29, 0.717) is 0 Å². The topological polar surface area (TPSA) is 25.8 Å². The lowest BCUT2D eigenvalue weighted by atomic mass is 10.0. The summed E-state index contributed by atoms with van der Waals surface area (Å²) in [6.45, 7) is 0. The van der Waals surface area contributed by atoms with Crippen LogP contribution >= 0.6 is 0 Å². The summed E-state index contributed by atoms with van der Waals surface area (Å²) in [5, 5.41) is 0. The Bertz CT molecular complexity index is 1210. The maximum Gasteiger partial charge on any atom is 0.160 e. The molecule has 0 spiro atoms. The van der Waals surface area contributed by atoms with Crippen molar-refractivity contribution in [2.45, 2.75) is 0 Å². The highest BCUT2D eigenvalue weighted by Crippen LogP contribution is 2.29. The van der Waals surface area contributed by atoms with Crippen LogP contribution in [0.15, 0.2) is 121 Å². The van der Waals surface area contributed by atoms with E-state index in [-0.39, 0.29) is 0 Å². The van der Waals surface area contributed by atoms with Gasteiger partial charge in [-0.1, -0.05) is 109 Å². The first-order chi connectivity index (χ1) is 14.9. The van der Waals surface area contributed by atoms with Gasteiger partial charge in [-0.2, -0.15) is 0 Å². The molecule has 0 fully saturated rings. The first-order valence-corrected chi connectivity index (χ1v) is 10.0. The van der Waals surface area contributed by atoms with Crippen LogP contribution in [-0.4, -0.2) is 9.97 Å². The monoisotopic (exact) mass is 384 g/mol. The van der Waals surface area contributed by atoms with Gasteiger partial charge in [0.15, 0.2) is 5.82 Å². The number of nitrogens with zero attached hydrogens (tertiary/aromatic N) is 2. The minimum absolute atomic E-state index is 0.730. The highest BCUT2D eigenvalue weighted by atomic mass is 14.9. The lowest BCUT2D eigenvalue weighted by molar-refractivity contribution is 1.18. The van der Waals surface area contributed by atoms with Gasteiger partial charge in [-0.15, -0.1) is 0 Å². The fourth-order valence-corrected chi connectivity index (χ4v) is 3.56. The largest absolute Gasteiger partial charge is 0.228 e. The Labute approximate surface area is 176 Å². The molecule has 5 rings (SSSR count). The summed E-state index contributed by atoms with van der Waals surface area (Å²) in [6, 6.07) is 41.4. The van der Waals surface area contributed by atoms with E-state index in [9.17, 15) is 0 Å². The Kier molecular flexibility index (Phi) is 4.89. The van der Waals surface area contributed by atoms with Crippen molar-refractivity contribution < 1.29 is 0 Å². The fourth-order valence-electron chi connectivity index (χ4n) is 3.56. The number of rotatable bonds is 4. The normalized spacial score (nSPS) is 10.7. The molecule has 0 aliphatic rings. The molecule has 2 heteroatoms. The molecule has 1 aromatic heterocycles. The van der Waals surface area contributed by atoms with Gasteiger partial charge in [0.2, 0.25) is 0 Å². The molecule has 4 aromatic carbocycles. The molecule has 0 radical (unpaired) electrons. The maximum absolute atomic E-state index is 4.92. The lowest BCUT2D eigenvalue weighted by Crippen LogP contribution is -1.96. The maximum atomic E-state index is 4.92. The van der Waals surface area contributed by atoms with Crippen LogP contribution in [0.2, 0.25) is 0 Å². The van der Waals surface area contributed by atoms with E-state index in [1.807, 2.05) is 42.5 Å². The fraction of sp³-hybridized carbons (Fsp3) is 0. The quantitative estimate of drug-likeness (QED) is 0.329. The molecule has 2 nitrogen and oxygen atoms in total. The molecule has 0 saturated carbocycles. The zero-order valence-corrected chi connectivity index (χ0v) is 16.4. The molecule has 1 heterocycles. The molecule has 0 unspecified atom stereocenters. The highest BCUT2D eigenvalue weighted by Gasteiger charge is 2.11. The van der Waals surface area contributed by atoms with Gasteiger partial charge in [0.1, 0.15) is 0 Å². The van der Waals surface area contributed by atoms with Gasteiger partial charge in [-0.3, -0.25) is 0 Å². The Hall–Kier alpha value is -4.04. The van der Waals surface area contributed by atoms with E-state index >= 15 is 0 Å². The summed E-state index contributed by atoms with van der Waals surface area (Å²) in [6.07, 6.45) is 0. The smallest absolute Gasteiger partial charge is 0.160 e. The third kappa shape index (κ3) is 3.76. The van der Waals surface area contributed by atoms with E-state index in [1.54, 1.807) is 0 Å². The molecule has 0 atom stereocenters. The van der Waals surface area contributed by atoms with Crippen molar-refractivity contribution in [3.8, 4) is 45.0 Å². The van der Waals surface area contributed by atoms with Gasteiger partial charge in [-0.25, -0.2) is 9.97 Å². The Morgan fingerprint density at radius 3 is 1.30 bits per heavy atom. The molecule has 0 aliphatic carbocycles. The minimum Gasteiger partial charge on any atom is -0.228 e. The number of benzene rings is 4. The van der Waals surface area contributed by atoms with Gasteiger partial charge in [0.05, 0.1) is 11.4 Å². The average Bonchev–Trinajstić information content (AvgIpc) is 2.85. The molecule has 5 aromatic rings. The molecule has 0 amide bonds. The summed E-state index contributed by atoms with van der Waals surface area (Å²) >= 11 is 0. The second kappa shape index (κ2) is 8.14. The standard InChI is InChI=1S/C28H20N2/c1-4-11-21(12-5-1)24-17-10-18-25(19-24)28-29-26(22-13-6-2-7-14-22)20-27(30-28)23-15-8-3-9-16-23/h1-20H. The van der Waals surface area contributed by atoms with Crippen LogP contribution in [0.25, 0.3) is 45.0 Å². The van der Waals surface area contributed by atoms with Crippen molar-refractivity contribution in [3.63, 3.8) is 0 Å². The molecule has 142 valence electrons. The van der Waals surface area contributed by atoms with E-state index in [4.69, 9.17) is 9.97 Å². The number of hydrogen-bond donors (Lipinski definition) is 0. The summed E-state index contributed by atoms with van der Waals surface area (Å²) < 4.78 is 0. The summed E-state index contributed by atoms with van der Waals surface area (Å²) in [5.74, 6) is 0.730. The van der Waals surface area contributed by atoms with Crippen molar-refractivity contribution >= 4 is 0 Å². The Morgan fingerprint density at radius 1 is 0.333 bits per heavy atom. The van der Waals surface area contributed by atoms with Crippen LogP contribution in [0.3, 0.4) is 0 Å². The van der Waals surface area contributed by atoms with Gasteiger partial charge in [0, 0.05) is 16.7 Å². The van der Waals surface area contributed by atoms with Crippen LogP contribution < -0.4 is 0 Å². The van der Waals surface area contributed by atoms with Crippen LogP contribution in [0.5, 0.6) is 0 Å². The van der Waals surface area contributed by atoms with Gasteiger partial charge in [-0.05, 0) is 23.3 Å². The van der Waals surface area contributed by atoms with E-state index in [0.717, 1.165) is 39.5 Å². The van der Waals surface area contributed by atoms with Crippen LogP contribution in [0.1, 0.15) is 0 Å². The molecule has 0 aliphatic heterocycles. The van der Waals surface area contributed by atoms with E-state index in [1.165, 1.54) is 5.56 Å². The third-order valence-electron chi connectivity index (χ3n) is 5.09. The summed E-state index contributed by atoms with van der Waals surface area (Å²) in [4.78, 5) is 9.85. The Morgan fingerprint density at radius 2 is 0.767 bits per heavy atom. The van der Waals surface area contributed by atoms with Crippen molar-refractivity contribution in [2.75, 3.05) is 0 Å². The molecule has 0 saturated heterocycles. The zero-order chi connectivity index (χ0) is 20.2. The molecule has 0 bridgehead atoms. The summed E-state index contributed by atoms with van der Waals surface area (Å²) in [7, 11) is 0. The average molecular weight is 384 g/mol. The van der Waals surface area contributed by atoms with Crippen molar-refractivity contribution in [3.05, 3.63) is 121 Å². The third-order valence-corrected chi connectivity index (χ3v) is 5.09. The minimum atomic E-state index is 0.730. The van der Waals surface area contributed by atoms with Crippen molar-refractivity contribution in [1.82, 2.24) is 9.97 Å². The predicted molar refractivity (Wildman–Crippen MR) is 124 cm³/mol. The molecule has 30 heavy (non-hydrogen) atoms. The van der Waals surface area contributed by atoms with Crippen molar-refractivity contribution in [2.24, 2.45) is 0 Å². The zero-order valence-electron chi connectivity index (χ0n) is 16.4. The molecular formula is C28H20N2. The van der Waals surface area contributed by atoms with E-state index < -0.39 is 0 Å². The van der Waals surface area contributed by atoms with Crippen molar-refractivity contribution in [1.29, 1.82) is 0 Å². The van der Waals surface area contributed by atoms with Crippen LogP contribution in [-0.2, 0) is 0 Å². The number of aromatic nitrogens is 2. The van der Waals surface area contributed by atoms with Crippen LogP contribution in [0, 0.1) is 0 Å². The molecule has 0 N–H and O–H groups in total. The van der Waals surface area contributed by atoms with Gasteiger partial charge in [0.25, 0.3) is 0 Å². The second-order valence-electron chi connectivity index (χ2n) is 7.14. The lowest BCUT2D eigenvalue weighted by Gasteiger charge is -2.10. The Balaban J connectivity index is 1.67.